The van der Waals surface area contributed by atoms with Crippen LogP contribution in [-0.2, 0) is 11.3 Å². The summed E-state index contributed by atoms with van der Waals surface area (Å²) in [6, 6.07) is 10.0. The van der Waals surface area contributed by atoms with Gasteiger partial charge >= 0.3 is 0 Å². The lowest BCUT2D eigenvalue weighted by atomic mass is 9.91. The molecule has 1 unspecified atom stereocenters. The third kappa shape index (κ3) is 6.73. The van der Waals surface area contributed by atoms with E-state index in [-0.39, 0.29) is 30.5 Å². The lowest BCUT2D eigenvalue weighted by molar-refractivity contribution is 0.102. The minimum Gasteiger partial charge on any atom is -0.376 e. The summed E-state index contributed by atoms with van der Waals surface area (Å²) in [4.78, 5) is 0. The predicted molar refractivity (Wildman–Crippen MR) is 110 cm³/mol. The van der Waals surface area contributed by atoms with E-state index < -0.39 is 11.6 Å². The van der Waals surface area contributed by atoms with Crippen LogP contribution in [0.2, 0.25) is 0 Å². The van der Waals surface area contributed by atoms with Gasteiger partial charge in [0.25, 0.3) is 0 Å². The standard InChI is InChI=1S/C22H27F2NO.ClH/c1-15(2)11-25-12-18(22-16(3)7-5-8-17(22)4)13-26-14-19-20(23)9-6-10-21(19)24;/h5-10,18,25H,1,11-14H2,2-4H3;1H. The first-order valence-corrected chi connectivity index (χ1v) is 8.82. The van der Waals surface area contributed by atoms with Gasteiger partial charge in [0.1, 0.15) is 11.6 Å². The fourth-order valence-corrected chi connectivity index (χ4v) is 3.15. The van der Waals surface area contributed by atoms with Gasteiger partial charge in [-0.2, -0.15) is 0 Å². The van der Waals surface area contributed by atoms with Gasteiger partial charge in [-0.25, -0.2) is 8.78 Å². The van der Waals surface area contributed by atoms with Crippen molar-refractivity contribution in [2.24, 2.45) is 0 Å². The fraction of sp³-hybridized carbons (Fsp3) is 0.364. The highest BCUT2D eigenvalue weighted by Gasteiger charge is 2.17. The first kappa shape index (κ1) is 23.3. The molecule has 5 heteroatoms. The Morgan fingerprint density at radius 1 is 1.07 bits per heavy atom. The molecular formula is C22H28ClF2NO. The fourth-order valence-electron chi connectivity index (χ4n) is 3.15. The lowest BCUT2D eigenvalue weighted by Crippen LogP contribution is -2.27. The van der Waals surface area contributed by atoms with Crippen molar-refractivity contribution >= 4 is 12.4 Å². The maximum atomic E-state index is 13.8. The Bertz CT molecular complexity index is 723. The first-order valence-electron chi connectivity index (χ1n) is 8.82. The highest BCUT2D eigenvalue weighted by atomic mass is 35.5. The zero-order valence-corrected chi connectivity index (χ0v) is 17.0. The molecule has 0 aromatic heterocycles. The number of ether oxygens (including phenoxy) is 1. The zero-order chi connectivity index (χ0) is 19.1. The third-order valence-electron chi connectivity index (χ3n) is 4.40. The third-order valence-corrected chi connectivity index (χ3v) is 4.40. The molecule has 0 saturated carbocycles. The molecule has 0 aliphatic rings. The molecule has 0 aliphatic heterocycles. The molecule has 1 N–H and O–H groups in total. The average Bonchev–Trinajstić information content (AvgIpc) is 2.56. The second-order valence-corrected chi connectivity index (χ2v) is 6.81. The quantitative estimate of drug-likeness (QED) is 0.568. The van der Waals surface area contributed by atoms with E-state index in [1.807, 2.05) is 13.0 Å². The zero-order valence-electron chi connectivity index (χ0n) is 16.1. The van der Waals surface area contributed by atoms with Crippen LogP contribution in [0.15, 0.2) is 48.6 Å². The van der Waals surface area contributed by atoms with Crippen molar-refractivity contribution in [2.45, 2.75) is 33.3 Å². The minimum atomic E-state index is -0.575. The summed E-state index contributed by atoms with van der Waals surface area (Å²) < 4.78 is 33.3. The van der Waals surface area contributed by atoms with E-state index in [2.05, 4.69) is 37.9 Å². The summed E-state index contributed by atoms with van der Waals surface area (Å²) >= 11 is 0. The van der Waals surface area contributed by atoms with Gasteiger partial charge in [0.05, 0.1) is 13.2 Å². The Balaban J connectivity index is 0.00000364. The van der Waals surface area contributed by atoms with Crippen molar-refractivity contribution < 1.29 is 13.5 Å². The van der Waals surface area contributed by atoms with Crippen LogP contribution in [0.1, 0.15) is 35.1 Å². The van der Waals surface area contributed by atoms with E-state index >= 15 is 0 Å². The van der Waals surface area contributed by atoms with E-state index in [0.717, 1.165) is 12.1 Å². The summed E-state index contributed by atoms with van der Waals surface area (Å²) in [5, 5.41) is 3.38. The van der Waals surface area contributed by atoms with E-state index in [9.17, 15) is 8.78 Å². The highest BCUT2D eigenvalue weighted by Crippen LogP contribution is 2.24. The van der Waals surface area contributed by atoms with Crippen LogP contribution in [0.4, 0.5) is 8.78 Å². The van der Waals surface area contributed by atoms with Crippen LogP contribution in [0.25, 0.3) is 0 Å². The van der Waals surface area contributed by atoms with Crippen LogP contribution in [0.5, 0.6) is 0 Å². The molecule has 0 bridgehead atoms. The Morgan fingerprint density at radius 3 is 2.19 bits per heavy atom. The molecule has 27 heavy (non-hydrogen) atoms. The van der Waals surface area contributed by atoms with Crippen LogP contribution in [0.3, 0.4) is 0 Å². The summed E-state index contributed by atoms with van der Waals surface area (Å²) in [6.45, 7) is 11.7. The summed E-state index contributed by atoms with van der Waals surface area (Å²) in [5.74, 6) is -1.06. The van der Waals surface area contributed by atoms with Crippen molar-refractivity contribution in [3.05, 3.63) is 82.4 Å². The number of nitrogens with one attached hydrogen (secondary N) is 1. The first-order chi connectivity index (χ1) is 12.4. The molecule has 2 aromatic rings. The van der Waals surface area contributed by atoms with Gasteiger partial charge < -0.3 is 10.1 Å². The smallest absolute Gasteiger partial charge is 0.131 e. The normalized spacial score (nSPS) is 11.7. The van der Waals surface area contributed by atoms with E-state index in [4.69, 9.17) is 4.74 Å². The van der Waals surface area contributed by atoms with Crippen LogP contribution in [0, 0.1) is 25.5 Å². The van der Waals surface area contributed by atoms with Gasteiger partial charge in [-0.3, -0.25) is 0 Å². The molecule has 2 aromatic carbocycles. The van der Waals surface area contributed by atoms with Crippen molar-refractivity contribution in [2.75, 3.05) is 19.7 Å². The second-order valence-electron chi connectivity index (χ2n) is 6.81. The topological polar surface area (TPSA) is 21.3 Å². The number of hydrogen-bond acceptors (Lipinski definition) is 2. The van der Waals surface area contributed by atoms with Crippen LogP contribution < -0.4 is 5.32 Å². The van der Waals surface area contributed by atoms with Gasteiger partial charge in [0, 0.05) is 24.6 Å². The maximum absolute atomic E-state index is 13.8. The predicted octanol–water partition coefficient (Wildman–Crippen LogP) is 5.47. The average molecular weight is 396 g/mol. The molecule has 0 aliphatic carbocycles. The molecule has 148 valence electrons. The molecule has 0 saturated heterocycles. The second kappa shape index (κ2) is 11.2. The Hall–Kier alpha value is -1.75. The monoisotopic (exact) mass is 395 g/mol. The van der Waals surface area contributed by atoms with Gasteiger partial charge in [0.15, 0.2) is 0 Å². The number of halogens is 3. The number of hydrogen-bond donors (Lipinski definition) is 1. The van der Waals surface area contributed by atoms with E-state index in [1.54, 1.807) is 0 Å². The SMILES string of the molecule is C=C(C)CNCC(COCc1c(F)cccc1F)c1c(C)cccc1C.Cl. The largest absolute Gasteiger partial charge is 0.376 e. The van der Waals surface area contributed by atoms with Gasteiger partial charge in [-0.1, -0.05) is 36.4 Å². The van der Waals surface area contributed by atoms with Crippen molar-refractivity contribution in [3.63, 3.8) is 0 Å². The van der Waals surface area contributed by atoms with Gasteiger partial charge in [-0.05, 0) is 49.6 Å². The van der Waals surface area contributed by atoms with Crippen molar-refractivity contribution in [1.29, 1.82) is 0 Å². The van der Waals surface area contributed by atoms with E-state index in [1.165, 1.54) is 34.9 Å². The Kier molecular flexibility index (Phi) is 9.64. The molecule has 2 nitrogen and oxygen atoms in total. The molecule has 0 heterocycles. The Morgan fingerprint density at radius 2 is 1.63 bits per heavy atom. The molecule has 0 spiro atoms. The number of aryl methyl sites for hydroxylation is 2. The molecule has 0 radical (unpaired) electrons. The van der Waals surface area contributed by atoms with Crippen molar-refractivity contribution in [1.82, 2.24) is 5.32 Å². The molecule has 0 fully saturated rings. The lowest BCUT2D eigenvalue weighted by Gasteiger charge is -2.22. The Labute approximate surface area is 167 Å². The van der Waals surface area contributed by atoms with E-state index in [0.29, 0.717) is 13.2 Å². The van der Waals surface area contributed by atoms with Crippen LogP contribution >= 0.6 is 12.4 Å². The van der Waals surface area contributed by atoms with Gasteiger partial charge in [-0.15, -0.1) is 12.4 Å². The summed E-state index contributed by atoms with van der Waals surface area (Å²) in [5.41, 5.74) is 4.62. The van der Waals surface area contributed by atoms with Crippen LogP contribution in [-0.4, -0.2) is 19.7 Å². The van der Waals surface area contributed by atoms with Gasteiger partial charge in [0.2, 0.25) is 0 Å². The summed E-state index contributed by atoms with van der Waals surface area (Å²) in [7, 11) is 0. The van der Waals surface area contributed by atoms with Crippen molar-refractivity contribution in [3.8, 4) is 0 Å². The summed E-state index contributed by atoms with van der Waals surface area (Å²) in [6.07, 6.45) is 0. The molecular weight excluding hydrogens is 368 g/mol. The molecule has 2 rings (SSSR count). The molecule has 1 atom stereocenters. The number of rotatable bonds is 9. The highest BCUT2D eigenvalue weighted by molar-refractivity contribution is 5.85. The maximum Gasteiger partial charge on any atom is 0.131 e. The molecule has 0 amide bonds. The number of benzene rings is 2. The minimum absolute atomic E-state index is 0.